The summed E-state index contributed by atoms with van der Waals surface area (Å²) in [5.74, 6) is -2.56. The molecule has 13 nitrogen and oxygen atoms in total. The van der Waals surface area contributed by atoms with Gasteiger partial charge < -0.3 is 25.8 Å². The predicted molar refractivity (Wildman–Crippen MR) is 144 cm³/mol. The molecule has 3 N–H and O–H groups in total. The van der Waals surface area contributed by atoms with Crippen LogP contribution in [0, 0.1) is 0 Å². The number of thioether (sulfide) groups is 2. The number of carbonyl (C=O) groups is 3. The number of carboxylic acids is 1. The van der Waals surface area contributed by atoms with Gasteiger partial charge >= 0.3 is 0 Å². The molecule has 5 heterocycles. The van der Waals surface area contributed by atoms with Crippen LogP contribution in [-0.4, -0.2) is 66.5 Å². The van der Waals surface area contributed by atoms with Crippen molar-refractivity contribution in [3.8, 4) is 11.3 Å². The van der Waals surface area contributed by atoms with Gasteiger partial charge in [-0.05, 0) is 6.92 Å². The van der Waals surface area contributed by atoms with Gasteiger partial charge in [0, 0.05) is 45.3 Å². The first-order chi connectivity index (χ1) is 18.8. The summed E-state index contributed by atoms with van der Waals surface area (Å²) in [6, 6.07) is 2.89. The van der Waals surface area contributed by atoms with Gasteiger partial charge in [-0.2, -0.15) is 9.36 Å². The number of hydrogen-bond donors (Lipinski definition) is 2. The molecule has 39 heavy (non-hydrogen) atoms. The minimum absolute atomic E-state index is 0.0374. The van der Waals surface area contributed by atoms with Crippen LogP contribution >= 0.6 is 46.4 Å². The molecule has 0 spiro atoms. The third-order valence-electron chi connectivity index (χ3n) is 5.53. The van der Waals surface area contributed by atoms with Crippen molar-refractivity contribution in [1.82, 2.24) is 24.6 Å². The van der Waals surface area contributed by atoms with Crippen LogP contribution in [0.2, 0.25) is 0 Å². The Balaban J connectivity index is 1.32. The lowest BCUT2D eigenvalue weighted by Gasteiger charge is -2.50. The molecule has 2 amide bonds. The highest BCUT2D eigenvalue weighted by Gasteiger charge is 2.53. The number of nitrogens with two attached hydrogens (primary N) is 1. The topological polar surface area (TPSA) is 180 Å². The van der Waals surface area contributed by atoms with E-state index < -0.39 is 29.2 Å². The van der Waals surface area contributed by atoms with Gasteiger partial charge in [0.15, 0.2) is 21.9 Å². The first-order valence-corrected chi connectivity index (χ1v) is 14.9. The van der Waals surface area contributed by atoms with Crippen molar-refractivity contribution >= 4 is 75.0 Å². The first-order valence-electron chi connectivity index (χ1n) is 11.4. The standard InChI is InChI=1S/C22H20N8O5S4/c1-3-35-27-13(16-26-21(23)39-28-16)17(31)25-14-18(32)30-15(20(33)34)12(9-36-19(14)30)38-22-24-11(8-37-22)10-4-6-29(2)7-5-10/h4-8,14,19H,3,9H2,1-2H3,(H3-,23,25,26,28,31,33,34)/t14?,19-/m1/s1. The number of nitrogens with one attached hydrogen (secondary N) is 1. The summed E-state index contributed by atoms with van der Waals surface area (Å²) < 4.78 is 6.53. The van der Waals surface area contributed by atoms with Crippen LogP contribution in [0.4, 0.5) is 5.13 Å². The molecule has 17 heteroatoms. The lowest BCUT2D eigenvalue weighted by Crippen LogP contribution is -2.71. The predicted octanol–water partition coefficient (Wildman–Crippen LogP) is -0.0374. The fourth-order valence-corrected chi connectivity index (χ4v) is 7.62. The van der Waals surface area contributed by atoms with E-state index >= 15 is 0 Å². The van der Waals surface area contributed by atoms with Crippen molar-refractivity contribution < 1.29 is 28.9 Å². The highest BCUT2D eigenvalue weighted by molar-refractivity contribution is 8.07. The molecule has 0 saturated carbocycles. The van der Waals surface area contributed by atoms with E-state index in [1.165, 1.54) is 34.9 Å². The van der Waals surface area contributed by atoms with Gasteiger partial charge in [0.1, 0.15) is 25.1 Å². The Morgan fingerprint density at radius 3 is 2.79 bits per heavy atom. The highest BCUT2D eigenvalue weighted by atomic mass is 32.2. The van der Waals surface area contributed by atoms with E-state index in [0.29, 0.717) is 9.24 Å². The number of nitrogens with zero attached hydrogens (tertiary/aromatic N) is 6. The molecule has 3 aromatic heterocycles. The largest absolute Gasteiger partial charge is 0.543 e. The van der Waals surface area contributed by atoms with E-state index in [0.717, 1.165) is 27.7 Å². The quantitative estimate of drug-likeness (QED) is 0.145. The molecule has 1 saturated heterocycles. The van der Waals surface area contributed by atoms with Crippen LogP contribution < -0.4 is 20.7 Å². The smallest absolute Gasteiger partial charge is 0.278 e. The molecule has 202 valence electrons. The van der Waals surface area contributed by atoms with Gasteiger partial charge in [0.05, 0.1) is 17.4 Å². The Labute approximate surface area is 238 Å². The zero-order valence-corrected chi connectivity index (χ0v) is 23.7. The number of amides is 2. The summed E-state index contributed by atoms with van der Waals surface area (Å²) >= 11 is 4.77. The number of carbonyl (C=O) groups excluding carboxylic acids is 3. The van der Waals surface area contributed by atoms with Gasteiger partial charge in [0.2, 0.25) is 11.5 Å². The summed E-state index contributed by atoms with van der Waals surface area (Å²) in [5.41, 5.74) is 6.86. The molecule has 0 aliphatic carbocycles. The number of aliphatic carboxylic acids is 1. The second-order valence-corrected chi connectivity index (χ2v) is 12.2. The normalized spacial score (nSPS) is 19.0. The van der Waals surface area contributed by atoms with E-state index in [4.69, 9.17) is 10.6 Å². The lowest BCUT2D eigenvalue weighted by atomic mass is 10.0. The van der Waals surface area contributed by atoms with E-state index in [1.54, 1.807) is 6.92 Å². The monoisotopic (exact) mass is 604 g/mol. The number of β-lactam (4-membered cyclic amide) rings is 1. The van der Waals surface area contributed by atoms with E-state index in [1.807, 2.05) is 41.5 Å². The van der Waals surface area contributed by atoms with Gasteiger partial charge in [-0.3, -0.25) is 14.5 Å². The zero-order chi connectivity index (χ0) is 27.7. The van der Waals surface area contributed by atoms with Gasteiger partial charge in [-0.25, -0.2) is 9.55 Å². The number of thiazole rings is 1. The number of aromatic nitrogens is 4. The number of anilines is 1. The molecular weight excluding hydrogens is 585 g/mol. The summed E-state index contributed by atoms with van der Waals surface area (Å²) in [6.45, 7) is 1.88. The molecule has 0 bridgehead atoms. The third-order valence-corrected chi connectivity index (χ3v) is 9.56. The molecule has 2 aliphatic rings. The van der Waals surface area contributed by atoms with Crippen LogP contribution in [0.25, 0.3) is 11.3 Å². The number of aryl methyl sites for hydroxylation is 1. The number of rotatable bonds is 9. The number of fused-ring (bicyclic) bond motifs is 1. The summed E-state index contributed by atoms with van der Waals surface area (Å²) in [5, 5.41) is 19.9. The molecule has 0 aromatic carbocycles. The van der Waals surface area contributed by atoms with Crippen molar-refractivity contribution in [2.45, 2.75) is 22.7 Å². The maximum atomic E-state index is 13.1. The van der Waals surface area contributed by atoms with Crippen molar-refractivity contribution in [2.75, 3.05) is 18.1 Å². The molecule has 5 rings (SSSR count). The number of nitrogen functional groups attached to an aromatic ring is 1. The molecule has 2 aliphatic heterocycles. The van der Waals surface area contributed by atoms with Crippen molar-refractivity contribution in [1.29, 1.82) is 0 Å². The van der Waals surface area contributed by atoms with Crippen LogP contribution in [0.5, 0.6) is 0 Å². The maximum Gasteiger partial charge on any atom is 0.278 e. The minimum atomic E-state index is -1.48. The summed E-state index contributed by atoms with van der Waals surface area (Å²) in [6.07, 6.45) is 3.82. The van der Waals surface area contributed by atoms with Crippen molar-refractivity contribution in [3.05, 3.63) is 46.3 Å². The Morgan fingerprint density at radius 2 is 2.13 bits per heavy atom. The average molecular weight is 605 g/mol. The fraction of sp³-hybridized carbons (Fsp3) is 0.273. The van der Waals surface area contributed by atoms with E-state index in [9.17, 15) is 19.5 Å². The van der Waals surface area contributed by atoms with Crippen LogP contribution in [0.1, 0.15) is 12.7 Å². The second-order valence-electron chi connectivity index (χ2n) is 8.09. The van der Waals surface area contributed by atoms with Crippen molar-refractivity contribution in [3.63, 3.8) is 0 Å². The molecular formula is C22H20N8O5S4. The number of oxime groups is 1. The lowest BCUT2D eigenvalue weighted by molar-refractivity contribution is -0.671. The SMILES string of the molecule is CCON=C(C(=O)NC1C(=O)N2C(C(=O)[O-])=C(Sc3nc(-c4cc[n+](C)cc4)cs3)CS[C@H]12)c1nsc(N)n1. The first kappa shape index (κ1) is 27.0. The van der Waals surface area contributed by atoms with Crippen molar-refractivity contribution in [2.24, 2.45) is 12.2 Å². The maximum absolute atomic E-state index is 13.1. The fourth-order valence-electron chi connectivity index (χ4n) is 3.73. The minimum Gasteiger partial charge on any atom is -0.543 e. The van der Waals surface area contributed by atoms with E-state index in [-0.39, 0.29) is 34.7 Å². The van der Waals surface area contributed by atoms with Gasteiger partial charge in [-0.1, -0.05) is 16.9 Å². The van der Waals surface area contributed by atoms with Crippen LogP contribution in [-0.2, 0) is 26.3 Å². The third kappa shape index (κ3) is 5.47. The number of pyridine rings is 1. The van der Waals surface area contributed by atoms with Crippen LogP contribution in [0.3, 0.4) is 0 Å². The van der Waals surface area contributed by atoms with Crippen LogP contribution in [0.15, 0.2) is 50.0 Å². The number of hydrogen-bond acceptors (Lipinski definition) is 14. The Hall–Kier alpha value is -3.54. The zero-order valence-electron chi connectivity index (χ0n) is 20.4. The summed E-state index contributed by atoms with van der Waals surface area (Å²) in [7, 11) is 1.92. The molecule has 1 unspecified atom stereocenters. The molecule has 1 fully saturated rings. The Morgan fingerprint density at radius 1 is 1.36 bits per heavy atom. The molecule has 0 radical (unpaired) electrons. The van der Waals surface area contributed by atoms with E-state index in [2.05, 4.69) is 24.8 Å². The molecule has 3 aromatic rings. The second kappa shape index (κ2) is 11.3. The van der Waals surface area contributed by atoms with Gasteiger partial charge in [0.25, 0.3) is 11.8 Å². The Bertz CT molecular complexity index is 1500. The summed E-state index contributed by atoms with van der Waals surface area (Å²) in [4.78, 5) is 53.3. The average Bonchev–Trinajstić information content (AvgIpc) is 3.56. The number of carboxylic acid groups (broad SMARTS) is 1. The molecule has 2 atom stereocenters. The Kier molecular flexibility index (Phi) is 7.83. The van der Waals surface area contributed by atoms with Gasteiger partial charge in [-0.15, -0.1) is 23.1 Å². The highest BCUT2D eigenvalue weighted by Crippen LogP contribution is 2.45.